The second-order valence-electron chi connectivity index (χ2n) is 3.89. The molecule has 16 heavy (non-hydrogen) atoms. The number of benzene rings is 1. The largest absolute Gasteiger partial charge is 0.376 e. The Morgan fingerprint density at radius 2 is 2.12 bits per heavy atom. The number of hydrogen-bond donors (Lipinski definition) is 1. The van der Waals surface area contributed by atoms with Gasteiger partial charge >= 0.3 is 0 Å². The average Bonchev–Trinajstić information content (AvgIpc) is 2.23. The molecule has 1 heterocycles. The van der Waals surface area contributed by atoms with Crippen LogP contribution >= 0.6 is 11.6 Å². The molecule has 2 rings (SSSR count). The van der Waals surface area contributed by atoms with E-state index in [9.17, 15) is 0 Å². The standard InChI is InChI=1S/C12H16ClNO2/c1-14-6-12(16-11-7-15-8-11)9-2-4-10(13)5-3-9/h2-5,11-12,14H,6-8H2,1H3. The lowest BCUT2D eigenvalue weighted by atomic mass is 10.1. The third kappa shape index (κ3) is 2.95. The molecule has 0 aliphatic carbocycles. The van der Waals surface area contributed by atoms with E-state index >= 15 is 0 Å². The Kier molecular flexibility index (Phi) is 4.18. The minimum absolute atomic E-state index is 0.0659. The zero-order chi connectivity index (χ0) is 11.4. The van der Waals surface area contributed by atoms with E-state index < -0.39 is 0 Å². The Morgan fingerprint density at radius 1 is 1.44 bits per heavy atom. The van der Waals surface area contributed by atoms with Crippen LogP contribution in [0.5, 0.6) is 0 Å². The molecule has 0 bridgehead atoms. The van der Waals surface area contributed by atoms with Crippen LogP contribution in [0.15, 0.2) is 24.3 Å². The van der Waals surface area contributed by atoms with Gasteiger partial charge in [0.2, 0.25) is 0 Å². The van der Waals surface area contributed by atoms with E-state index in [4.69, 9.17) is 21.1 Å². The lowest BCUT2D eigenvalue weighted by Crippen LogP contribution is -2.38. The van der Waals surface area contributed by atoms with Gasteiger partial charge in [0, 0.05) is 11.6 Å². The van der Waals surface area contributed by atoms with E-state index in [0.717, 1.165) is 17.1 Å². The fraction of sp³-hybridized carbons (Fsp3) is 0.500. The molecule has 0 saturated carbocycles. The van der Waals surface area contributed by atoms with Crippen molar-refractivity contribution in [2.24, 2.45) is 0 Å². The van der Waals surface area contributed by atoms with Crippen molar-refractivity contribution < 1.29 is 9.47 Å². The minimum atomic E-state index is 0.0659. The van der Waals surface area contributed by atoms with Crippen LogP contribution in [0.4, 0.5) is 0 Å². The van der Waals surface area contributed by atoms with Gasteiger partial charge in [-0.05, 0) is 24.7 Å². The molecule has 0 spiro atoms. The number of nitrogens with one attached hydrogen (secondary N) is 1. The van der Waals surface area contributed by atoms with Crippen molar-refractivity contribution in [2.45, 2.75) is 12.2 Å². The van der Waals surface area contributed by atoms with E-state index in [-0.39, 0.29) is 12.2 Å². The van der Waals surface area contributed by atoms with Crippen LogP contribution in [0.1, 0.15) is 11.7 Å². The molecule has 1 unspecified atom stereocenters. The summed E-state index contributed by atoms with van der Waals surface area (Å²) < 4.78 is 11.0. The van der Waals surface area contributed by atoms with Crippen LogP contribution in [0.3, 0.4) is 0 Å². The predicted octanol–water partition coefficient (Wildman–Crippen LogP) is 2.02. The number of hydrogen-bond acceptors (Lipinski definition) is 3. The highest BCUT2D eigenvalue weighted by atomic mass is 35.5. The number of likely N-dealkylation sites (N-methyl/N-ethyl adjacent to an activating group) is 1. The fourth-order valence-electron chi connectivity index (χ4n) is 1.63. The van der Waals surface area contributed by atoms with Gasteiger partial charge in [0.25, 0.3) is 0 Å². The summed E-state index contributed by atoms with van der Waals surface area (Å²) in [4.78, 5) is 0. The fourth-order valence-corrected chi connectivity index (χ4v) is 1.76. The summed E-state index contributed by atoms with van der Waals surface area (Å²) in [5.74, 6) is 0. The van der Waals surface area contributed by atoms with Gasteiger partial charge in [-0.2, -0.15) is 0 Å². The highest BCUT2D eigenvalue weighted by molar-refractivity contribution is 6.30. The molecule has 1 aromatic carbocycles. The van der Waals surface area contributed by atoms with Crippen LogP contribution < -0.4 is 5.32 Å². The second kappa shape index (κ2) is 5.64. The zero-order valence-corrected chi connectivity index (χ0v) is 10.0. The van der Waals surface area contributed by atoms with Gasteiger partial charge in [0.1, 0.15) is 6.10 Å². The summed E-state index contributed by atoms with van der Waals surface area (Å²) in [7, 11) is 1.92. The van der Waals surface area contributed by atoms with Crippen molar-refractivity contribution in [1.29, 1.82) is 0 Å². The van der Waals surface area contributed by atoms with E-state index in [0.29, 0.717) is 13.2 Å². The van der Waals surface area contributed by atoms with Gasteiger partial charge in [-0.25, -0.2) is 0 Å². The number of halogens is 1. The highest BCUT2D eigenvalue weighted by Gasteiger charge is 2.24. The van der Waals surface area contributed by atoms with Gasteiger partial charge in [0.15, 0.2) is 0 Å². The highest BCUT2D eigenvalue weighted by Crippen LogP contribution is 2.22. The molecule has 0 radical (unpaired) electrons. The maximum atomic E-state index is 5.92. The summed E-state index contributed by atoms with van der Waals surface area (Å²) >= 11 is 5.86. The van der Waals surface area contributed by atoms with E-state index in [2.05, 4.69) is 5.32 Å². The average molecular weight is 242 g/mol. The van der Waals surface area contributed by atoms with Crippen LogP contribution in [-0.4, -0.2) is 32.9 Å². The maximum absolute atomic E-state index is 5.92. The summed E-state index contributed by atoms with van der Waals surface area (Å²) in [5.41, 5.74) is 1.14. The molecule has 0 amide bonds. The van der Waals surface area contributed by atoms with Crippen molar-refractivity contribution in [1.82, 2.24) is 5.32 Å². The van der Waals surface area contributed by atoms with Crippen LogP contribution in [0, 0.1) is 0 Å². The van der Waals surface area contributed by atoms with Gasteiger partial charge in [-0.3, -0.25) is 0 Å². The molecule has 1 atom stereocenters. The third-order valence-electron chi connectivity index (χ3n) is 2.60. The molecular formula is C12H16ClNO2. The van der Waals surface area contributed by atoms with Crippen LogP contribution in [0.2, 0.25) is 5.02 Å². The third-order valence-corrected chi connectivity index (χ3v) is 2.85. The maximum Gasteiger partial charge on any atom is 0.105 e. The Hall–Kier alpha value is -0.610. The Bertz CT molecular complexity index is 324. The van der Waals surface area contributed by atoms with E-state index in [1.165, 1.54) is 0 Å². The van der Waals surface area contributed by atoms with Gasteiger partial charge in [0.05, 0.1) is 19.3 Å². The molecule has 4 heteroatoms. The van der Waals surface area contributed by atoms with Crippen molar-refractivity contribution in [3.63, 3.8) is 0 Å². The van der Waals surface area contributed by atoms with Gasteiger partial charge in [-0.1, -0.05) is 23.7 Å². The summed E-state index contributed by atoms with van der Waals surface area (Å²) in [6.45, 7) is 2.19. The first kappa shape index (κ1) is 11.9. The molecule has 88 valence electrons. The summed E-state index contributed by atoms with van der Waals surface area (Å²) in [6, 6.07) is 7.79. The molecule has 1 aliphatic heterocycles. The first-order valence-electron chi connectivity index (χ1n) is 5.43. The minimum Gasteiger partial charge on any atom is -0.376 e. The monoisotopic (exact) mass is 241 g/mol. The first-order chi connectivity index (χ1) is 7.79. The predicted molar refractivity (Wildman–Crippen MR) is 63.8 cm³/mol. The topological polar surface area (TPSA) is 30.5 Å². The van der Waals surface area contributed by atoms with E-state index in [1.54, 1.807) is 0 Å². The molecule has 3 nitrogen and oxygen atoms in total. The van der Waals surface area contributed by atoms with Crippen LogP contribution in [0.25, 0.3) is 0 Å². The Labute approximate surface area is 101 Å². The molecule has 1 N–H and O–H groups in total. The summed E-state index contributed by atoms with van der Waals surface area (Å²) in [6.07, 6.45) is 0.296. The quantitative estimate of drug-likeness (QED) is 0.856. The first-order valence-corrected chi connectivity index (χ1v) is 5.80. The second-order valence-corrected chi connectivity index (χ2v) is 4.33. The van der Waals surface area contributed by atoms with Gasteiger partial charge < -0.3 is 14.8 Å². The summed E-state index contributed by atoms with van der Waals surface area (Å²) in [5, 5.41) is 3.88. The molecule has 1 aliphatic rings. The molecular weight excluding hydrogens is 226 g/mol. The molecule has 1 saturated heterocycles. The number of rotatable bonds is 5. The normalized spacial score (nSPS) is 18.1. The lowest BCUT2D eigenvalue weighted by Gasteiger charge is -2.30. The lowest BCUT2D eigenvalue weighted by molar-refractivity contribution is -0.155. The number of ether oxygens (including phenoxy) is 2. The van der Waals surface area contributed by atoms with Crippen molar-refractivity contribution >= 4 is 11.6 Å². The Balaban J connectivity index is 2.01. The Morgan fingerprint density at radius 3 is 2.62 bits per heavy atom. The van der Waals surface area contributed by atoms with E-state index in [1.807, 2.05) is 31.3 Å². The van der Waals surface area contributed by atoms with Crippen LogP contribution in [-0.2, 0) is 9.47 Å². The van der Waals surface area contributed by atoms with Gasteiger partial charge in [-0.15, -0.1) is 0 Å². The smallest absolute Gasteiger partial charge is 0.105 e. The van der Waals surface area contributed by atoms with Crippen molar-refractivity contribution in [3.05, 3.63) is 34.9 Å². The van der Waals surface area contributed by atoms with Crippen molar-refractivity contribution in [3.8, 4) is 0 Å². The molecule has 0 aromatic heterocycles. The SMILES string of the molecule is CNCC(OC1COC1)c1ccc(Cl)cc1. The zero-order valence-electron chi connectivity index (χ0n) is 9.28. The van der Waals surface area contributed by atoms with Crippen molar-refractivity contribution in [2.75, 3.05) is 26.8 Å². The molecule has 1 aromatic rings. The molecule has 1 fully saturated rings.